The number of carbonyl (C=O) groups excluding carboxylic acids is 1. The average molecular weight is 339 g/mol. The molecular weight excluding hydrogens is 320 g/mol. The molecule has 2 unspecified atom stereocenters. The van der Waals surface area contributed by atoms with Crippen LogP contribution in [0, 0.1) is 17.2 Å². The monoisotopic (exact) mass is 339 g/mol. The lowest BCUT2D eigenvalue weighted by Crippen LogP contribution is -2.35. The van der Waals surface area contributed by atoms with Gasteiger partial charge in [-0.25, -0.2) is 0 Å². The van der Waals surface area contributed by atoms with Gasteiger partial charge in [-0.1, -0.05) is 12.5 Å². The molecule has 24 heavy (non-hydrogen) atoms. The number of halogens is 2. The Morgan fingerprint density at radius 1 is 1.38 bits per heavy atom. The van der Waals surface area contributed by atoms with Crippen molar-refractivity contribution in [1.29, 1.82) is 5.26 Å². The van der Waals surface area contributed by atoms with E-state index in [0.717, 1.165) is 0 Å². The van der Waals surface area contributed by atoms with Crippen molar-refractivity contribution in [2.75, 3.05) is 14.2 Å². The number of ether oxygens (including phenoxy) is 3. The summed E-state index contributed by atoms with van der Waals surface area (Å²) in [6.07, 6.45) is 2.14. The van der Waals surface area contributed by atoms with Gasteiger partial charge in [0.1, 0.15) is 0 Å². The molecule has 2 atom stereocenters. The third-order valence-electron chi connectivity index (χ3n) is 4.43. The molecule has 5 nitrogen and oxygen atoms in total. The fourth-order valence-corrected chi connectivity index (χ4v) is 3.23. The van der Waals surface area contributed by atoms with Crippen LogP contribution < -0.4 is 9.47 Å². The zero-order chi connectivity index (χ0) is 17.7. The summed E-state index contributed by atoms with van der Waals surface area (Å²) in [6, 6.07) is 6.81. The van der Waals surface area contributed by atoms with Gasteiger partial charge in [-0.05, 0) is 37.0 Å². The summed E-state index contributed by atoms with van der Waals surface area (Å²) in [6.45, 7) is -3.00. The van der Waals surface area contributed by atoms with Crippen LogP contribution in [-0.4, -0.2) is 26.8 Å². The van der Waals surface area contributed by atoms with E-state index in [0.29, 0.717) is 24.8 Å². The first kappa shape index (κ1) is 18.0. The maximum atomic E-state index is 12.6. The number of rotatable bonds is 5. The molecule has 1 aliphatic rings. The summed E-state index contributed by atoms with van der Waals surface area (Å²) in [5, 5.41) is 9.74. The van der Waals surface area contributed by atoms with E-state index in [1.54, 1.807) is 6.07 Å². The van der Waals surface area contributed by atoms with Crippen LogP contribution in [0.2, 0.25) is 0 Å². The first-order chi connectivity index (χ1) is 11.5. The molecule has 0 saturated heterocycles. The van der Waals surface area contributed by atoms with Gasteiger partial charge in [0.15, 0.2) is 11.5 Å². The third kappa shape index (κ3) is 3.58. The van der Waals surface area contributed by atoms with Crippen molar-refractivity contribution in [2.24, 2.45) is 5.92 Å². The molecule has 130 valence electrons. The number of hydrogen-bond donors (Lipinski definition) is 0. The van der Waals surface area contributed by atoms with Gasteiger partial charge in [0, 0.05) is 0 Å². The molecule has 0 amide bonds. The number of carbonyl (C=O) groups is 1. The Morgan fingerprint density at radius 2 is 2.12 bits per heavy atom. The molecule has 0 spiro atoms. The van der Waals surface area contributed by atoms with Gasteiger partial charge in [-0.3, -0.25) is 4.79 Å². The molecular formula is C17H19F2NO4. The summed E-state index contributed by atoms with van der Waals surface area (Å²) in [5.41, 5.74) is -0.404. The second-order valence-electron chi connectivity index (χ2n) is 5.75. The van der Waals surface area contributed by atoms with Crippen LogP contribution >= 0.6 is 0 Å². The highest BCUT2D eigenvalue weighted by Gasteiger charge is 2.41. The van der Waals surface area contributed by atoms with Crippen molar-refractivity contribution in [1.82, 2.24) is 0 Å². The lowest BCUT2D eigenvalue weighted by Gasteiger charge is -2.35. The number of esters is 1. The van der Waals surface area contributed by atoms with Crippen molar-refractivity contribution in [2.45, 2.75) is 37.7 Å². The highest BCUT2D eigenvalue weighted by atomic mass is 19.3. The van der Waals surface area contributed by atoms with Crippen molar-refractivity contribution in [3.05, 3.63) is 23.8 Å². The van der Waals surface area contributed by atoms with Crippen LogP contribution in [0.5, 0.6) is 11.5 Å². The summed E-state index contributed by atoms with van der Waals surface area (Å²) in [4.78, 5) is 11.8. The van der Waals surface area contributed by atoms with Crippen molar-refractivity contribution in [3.63, 3.8) is 0 Å². The van der Waals surface area contributed by atoms with Crippen LogP contribution in [0.1, 0.15) is 31.2 Å². The summed E-state index contributed by atoms with van der Waals surface area (Å²) in [7, 11) is 2.66. The molecule has 7 heteroatoms. The molecule has 2 rings (SSSR count). The van der Waals surface area contributed by atoms with E-state index < -0.39 is 12.0 Å². The van der Waals surface area contributed by atoms with Crippen LogP contribution in [0.3, 0.4) is 0 Å². The van der Waals surface area contributed by atoms with E-state index in [9.17, 15) is 18.8 Å². The Hall–Kier alpha value is -2.36. The van der Waals surface area contributed by atoms with Crippen LogP contribution in [0.4, 0.5) is 8.78 Å². The fraction of sp³-hybridized carbons (Fsp3) is 0.529. The number of methoxy groups -OCH3 is 2. The maximum absolute atomic E-state index is 12.6. The Morgan fingerprint density at radius 3 is 2.71 bits per heavy atom. The van der Waals surface area contributed by atoms with E-state index in [1.165, 1.54) is 26.4 Å². The van der Waals surface area contributed by atoms with Gasteiger partial charge in [0.05, 0.1) is 31.6 Å². The molecule has 1 aliphatic carbocycles. The molecule has 0 heterocycles. The number of nitrogens with zero attached hydrogens (tertiary/aromatic N) is 1. The fourth-order valence-electron chi connectivity index (χ4n) is 3.23. The Bertz CT molecular complexity index is 644. The van der Waals surface area contributed by atoms with Crippen molar-refractivity contribution >= 4 is 5.97 Å². The van der Waals surface area contributed by atoms with E-state index in [-0.39, 0.29) is 29.8 Å². The Labute approximate surface area is 139 Å². The lowest BCUT2D eigenvalue weighted by atomic mass is 9.66. The Balaban J connectivity index is 2.39. The topological polar surface area (TPSA) is 68.6 Å². The smallest absolute Gasteiger partial charge is 0.387 e. The highest BCUT2D eigenvalue weighted by molar-refractivity contribution is 5.73. The average Bonchev–Trinajstić information content (AvgIpc) is 2.60. The minimum Gasteiger partial charge on any atom is -0.493 e. The predicted molar refractivity (Wildman–Crippen MR) is 80.9 cm³/mol. The minimum atomic E-state index is -3.00. The van der Waals surface area contributed by atoms with Gasteiger partial charge in [-0.2, -0.15) is 14.0 Å². The summed E-state index contributed by atoms with van der Waals surface area (Å²) >= 11 is 0. The summed E-state index contributed by atoms with van der Waals surface area (Å²) in [5.74, 6) is -0.704. The molecule has 1 aromatic rings. The molecule has 0 radical (unpaired) electrons. The summed E-state index contributed by atoms with van der Waals surface area (Å²) < 4.78 is 39.5. The zero-order valence-electron chi connectivity index (χ0n) is 13.6. The first-order valence-corrected chi connectivity index (χ1v) is 7.58. The maximum Gasteiger partial charge on any atom is 0.387 e. The minimum absolute atomic E-state index is 0.125. The quantitative estimate of drug-likeness (QED) is 0.769. The molecule has 1 saturated carbocycles. The second kappa shape index (κ2) is 7.47. The molecule has 0 aromatic heterocycles. The number of nitriles is 1. The SMILES string of the molecule is COC(=O)C1CCCC(C#N)(c2ccc(OC)c(OC(F)F)c2)C1. The van der Waals surface area contributed by atoms with Gasteiger partial charge in [0.25, 0.3) is 0 Å². The molecule has 1 aromatic carbocycles. The van der Waals surface area contributed by atoms with Crippen LogP contribution in [-0.2, 0) is 14.9 Å². The molecule has 1 fully saturated rings. The normalized spacial score (nSPS) is 23.4. The Kier molecular flexibility index (Phi) is 5.60. The van der Waals surface area contributed by atoms with Crippen LogP contribution in [0.25, 0.3) is 0 Å². The van der Waals surface area contributed by atoms with Gasteiger partial charge < -0.3 is 14.2 Å². The van der Waals surface area contributed by atoms with E-state index in [2.05, 4.69) is 10.8 Å². The van der Waals surface area contributed by atoms with E-state index in [1.807, 2.05) is 0 Å². The van der Waals surface area contributed by atoms with E-state index in [4.69, 9.17) is 9.47 Å². The molecule has 0 bridgehead atoms. The standard InChI is InChI=1S/C17H19F2NO4/c1-22-13-6-5-12(8-14(13)24-16(18)19)17(10-20)7-3-4-11(9-17)15(21)23-2/h5-6,8,11,16H,3-4,7,9H2,1-2H3. The number of alkyl halides is 2. The number of benzene rings is 1. The largest absolute Gasteiger partial charge is 0.493 e. The van der Waals surface area contributed by atoms with Crippen molar-refractivity contribution in [3.8, 4) is 17.6 Å². The van der Waals surface area contributed by atoms with Gasteiger partial charge in [-0.15, -0.1) is 0 Å². The molecule has 0 aliphatic heterocycles. The second-order valence-corrected chi connectivity index (χ2v) is 5.75. The third-order valence-corrected chi connectivity index (χ3v) is 4.43. The molecule has 0 N–H and O–H groups in total. The lowest BCUT2D eigenvalue weighted by molar-refractivity contribution is -0.147. The zero-order valence-corrected chi connectivity index (χ0v) is 13.6. The van der Waals surface area contributed by atoms with Gasteiger partial charge in [0.2, 0.25) is 0 Å². The van der Waals surface area contributed by atoms with Crippen molar-refractivity contribution < 1.29 is 27.8 Å². The van der Waals surface area contributed by atoms with E-state index >= 15 is 0 Å². The number of hydrogen-bond acceptors (Lipinski definition) is 5. The van der Waals surface area contributed by atoms with Gasteiger partial charge >= 0.3 is 12.6 Å². The highest BCUT2D eigenvalue weighted by Crippen LogP contribution is 2.44. The first-order valence-electron chi connectivity index (χ1n) is 7.58. The van der Waals surface area contributed by atoms with Crippen LogP contribution in [0.15, 0.2) is 18.2 Å². The predicted octanol–water partition coefficient (Wildman–Crippen LogP) is 3.42.